The number of amides is 2. The van der Waals surface area contributed by atoms with Crippen LogP contribution in [0.5, 0.6) is 0 Å². The van der Waals surface area contributed by atoms with Gasteiger partial charge in [-0.1, -0.05) is 57.2 Å². The Labute approximate surface area is 255 Å². The molecule has 43 heavy (non-hydrogen) atoms. The maximum Gasteiger partial charge on any atom is 0.410 e. The number of ether oxygens (including phenoxy) is 3. The van der Waals surface area contributed by atoms with Gasteiger partial charge in [0.15, 0.2) is 0 Å². The maximum atomic E-state index is 13.5. The van der Waals surface area contributed by atoms with E-state index in [9.17, 15) is 19.2 Å². The van der Waals surface area contributed by atoms with Crippen LogP contribution in [0.25, 0.3) is 0 Å². The summed E-state index contributed by atoms with van der Waals surface area (Å²) in [7, 11) is 3.00. The molecular formula is C33H47N3O7. The highest BCUT2D eigenvalue weighted by Gasteiger charge is 2.32. The number of hydrogen-bond donors (Lipinski definition) is 1. The number of hydrogen-bond acceptors (Lipinski definition) is 8. The molecule has 2 aromatic rings. The average Bonchev–Trinajstić information content (AvgIpc) is 2.93. The average molecular weight is 598 g/mol. The highest BCUT2D eigenvalue weighted by atomic mass is 16.6. The lowest BCUT2D eigenvalue weighted by Crippen LogP contribution is -2.44. The minimum Gasteiger partial charge on any atom is -0.469 e. The Kier molecular flexibility index (Phi) is 13.2. The molecule has 2 rings (SSSR count). The first-order chi connectivity index (χ1) is 20.1. The fraction of sp³-hybridized carbons (Fsp3) is 0.545. The normalized spacial score (nSPS) is 14.2. The third-order valence-electron chi connectivity index (χ3n) is 6.95. The van der Waals surface area contributed by atoms with Gasteiger partial charge in [-0.05, 0) is 57.2 Å². The van der Waals surface area contributed by atoms with Crippen molar-refractivity contribution in [1.29, 1.82) is 0 Å². The molecule has 4 atom stereocenters. The Balaban J connectivity index is 2.32. The Hall–Kier alpha value is -3.95. The molecule has 1 aromatic carbocycles. The third-order valence-corrected chi connectivity index (χ3v) is 6.95. The van der Waals surface area contributed by atoms with Gasteiger partial charge in [-0.15, -0.1) is 0 Å². The second-order valence-corrected chi connectivity index (χ2v) is 12.2. The smallest absolute Gasteiger partial charge is 0.410 e. The van der Waals surface area contributed by atoms with E-state index in [0.29, 0.717) is 18.5 Å². The summed E-state index contributed by atoms with van der Waals surface area (Å²) >= 11 is 0. The molecule has 10 heteroatoms. The van der Waals surface area contributed by atoms with Crippen molar-refractivity contribution in [3.05, 3.63) is 65.5 Å². The van der Waals surface area contributed by atoms with Crippen LogP contribution < -0.4 is 5.32 Å². The van der Waals surface area contributed by atoms with Gasteiger partial charge in [-0.3, -0.25) is 14.4 Å². The molecule has 0 saturated heterocycles. The zero-order valence-electron chi connectivity index (χ0n) is 26.9. The van der Waals surface area contributed by atoms with E-state index in [0.717, 1.165) is 5.56 Å². The summed E-state index contributed by atoms with van der Waals surface area (Å²) in [5.41, 5.74) is 0.863. The van der Waals surface area contributed by atoms with Crippen LogP contribution in [0, 0.1) is 11.8 Å². The summed E-state index contributed by atoms with van der Waals surface area (Å²) < 4.78 is 16.1. The molecule has 0 unspecified atom stereocenters. The van der Waals surface area contributed by atoms with Gasteiger partial charge in [0, 0.05) is 32.5 Å². The van der Waals surface area contributed by atoms with Crippen molar-refractivity contribution in [2.24, 2.45) is 11.8 Å². The van der Waals surface area contributed by atoms with Crippen LogP contribution in [0.2, 0.25) is 0 Å². The molecule has 0 radical (unpaired) electrons. The van der Waals surface area contributed by atoms with Gasteiger partial charge >= 0.3 is 18.0 Å². The Bertz CT molecular complexity index is 1230. The molecule has 2 amide bonds. The van der Waals surface area contributed by atoms with Gasteiger partial charge in [0.25, 0.3) is 5.91 Å². The van der Waals surface area contributed by atoms with Crippen molar-refractivity contribution in [2.75, 3.05) is 14.2 Å². The number of nitrogens with one attached hydrogen (secondary N) is 1. The topological polar surface area (TPSA) is 124 Å². The van der Waals surface area contributed by atoms with Crippen LogP contribution in [-0.2, 0) is 30.2 Å². The number of benzene rings is 1. The number of aromatic nitrogens is 1. The Morgan fingerprint density at radius 1 is 0.953 bits per heavy atom. The molecule has 0 aliphatic heterocycles. The molecule has 10 nitrogen and oxygen atoms in total. The summed E-state index contributed by atoms with van der Waals surface area (Å²) in [5.74, 6) is -1.72. The van der Waals surface area contributed by atoms with E-state index in [1.54, 1.807) is 52.9 Å². The quantitative estimate of drug-likeness (QED) is 0.237. The van der Waals surface area contributed by atoms with Crippen molar-refractivity contribution in [1.82, 2.24) is 15.2 Å². The lowest BCUT2D eigenvalue weighted by atomic mass is 9.95. The van der Waals surface area contributed by atoms with Gasteiger partial charge in [-0.25, -0.2) is 9.78 Å². The summed E-state index contributed by atoms with van der Waals surface area (Å²) in [4.78, 5) is 56.7. The van der Waals surface area contributed by atoms with Crippen LogP contribution in [0.15, 0.2) is 48.5 Å². The lowest BCUT2D eigenvalue weighted by molar-refractivity contribution is -0.148. The number of rotatable bonds is 13. The Morgan fingerprint density at radius 3 is 2.16 bits per heavy atom. The molecule has 1 aromatic heterocycles. The van der Waals surface area contributed by atoms with Crippen LogP contribution in [-0.4, -0.2) is 65.7 Å². The van der Waals surface area contributed by atoms with E-state index in [-0.39, 0.29) is 36.1 Å². The standard InChI is InChI=1S/C33H47N3O7/c1-21(2)28(36(8)32(40)43-33(5,6)7)20-29(42-23(4)37)26-16-13-17-27(35-26)30(38)34-25(18-22(3)31(39)41-9)19-24-14-11-10-12-15-24/h10-17,21-22,25,28-29H,18-20H2,1-9H3,(H,34,38)/t22-,25+,28+,29+/m0/s1. The van der Waals surface area contributed by atoms with Gasteiger partial charge in [0.2, 0.25) is 0 Å². The van der Waals surface area contributed by atoms with Gasteiger partial charge in [0.1, 0.15) is 17.4 Å². The third kappa shape index (κ3) is 11.7. The maximum absolute atomic E-state index is 13.5. The van der Waals surface area contributed by atoms with Gasteiger partial charge < -0.3 is 24.4 Å². The molecule has 1 heterocycles. The van der Waals surface area contributed by atoms with Crippen LogP contribution in [0.1, 0.15) is 89.2 Å². The first-order valence-electron chi connectivity index (χ1n) is 14.6. The predicted molar refractivity (Wildman–Crippen MR) is 163 cm³/mol. The highest BCUT2D eigenvalue weighted by molar-refractivity contribution is 5.92. The number of esters is 2. The molecule has 0 saturated carbocycles. The summed E-state index contributed by atoms with van der Waals surface area (Å²) in [6.45, 7) is 12.4. The van der Waals surface area contributed by atoms with E-state index in [1.165, 1.54) is 18.9 Å². The molecule has 0 aliphatic carbocycles. The second kappa shape index (κ2) is 16.0. The summed E-state index contributed by atoms with van der Waals surface area (Å²) in [6.07, 6.45) is -0.174. The van der Waals surface area contributed by atoms with E-state index in [4.69, 9.17) is 14.2 Å². The number of methoxy groups -OCH3 is 1. The first-order valence-corrected chi connectivity index (χ1v) is 14.6. The number of carbonyl (C=O) groups is 4. The van der Waals surface area contributed by atoms with Crippen molar-refractivity contribution in [3.63, 3.8) is 0 Å². The van der Waals surface area contributed by atoms with Crippen LogP contribution >= 0.6 is 0 Å². The van der Waals surface area contributed by atoms with E-state index < -0.39 is 35.6 Å². The van der Waals surface area contributed by atoms with Crippen LogP contribution in [0.3, 0.4) is 0 Å². The van der Waals surface area contributed by atoms with Gasteiger partial charge in [-0.2, -0.15) is 0 Å². The molecule has 236 valence electrons. The highest BCUT2D eigenvalue weighted by Crippen LogP contribution is 2.28. The number of carbonyl (C=O) groups excluding carboxylic acids is 4. The molecule has 1 N–H and O–H groups in total. The molecule has 0 aliphatic rings. The zero-order valence-corrected chi connectivity index (χ0v) is 26.9. The number of pyridine rings is 1. The van der Waals surface area contributed by atoms with E-state index >= 15 is 0 Å². The molecular weight excluding hydrogens is 550 g/mol. The fourth-order valence-electron chi connectivity index (χ4n) is 4.83. The zero-order chi connectivity index (χ0) is 32.3. The minimum absolute atomic E-state index is 0.00222. The molecule has 0 fully saturated rings. The van der Waals surface area contributed by atoms with E-state index in [1.807, 2.05) is 44.2 Å². The number of nitrogens with zero attached hydrogens (tertiary/aromatic N) is 2. The van der Waals surface area contributed by atoms with Gasteiger partial charge in [0.05, 0.1) is 18.7 Å². The Morgan fingerprint density at radius 2 is 1.60 bits per heavy atom. The summed E-state index contributed by atoms with van der Waals surface area (Å²) in [5, 5.41) is 3.03. The van der Waals surface area contributed by atoms with E-state index in [2.05, 4.69) is 10.3 Å². The largest absolute Gasteiger partial charge is 0.469 e. The summed E-state index contributed by atoms with van der Waals surface area (Å²) in [6, 6.07) is 13.9. The van der Waals surface area contributed by atoms with Crippen LogP contribution in [0.4, 0.5) is 4.79 Å². The SMILES string of the molecule is COC(=O)[C@@H](C)C[C@H](Cc1ccccc1)NC(=O)c1cccc([C@@H](C[C@H](C(C)C)N(C)C(=O)OC(C)(C)C)OC(C)=O)n1. The molecule has 0 bridgehead atoms. The van der Waals surface area contributed by atoms with Crippen molar-refractivity contribution in [2.45, 2.75) is 91.5 Å². The van der Waals surface area contributed by atoms with Crippen molar-refractivity contribution >= 4 is 23.9 Å². The monoisotopic (exact) mass is 597 g/mol. The van der Waals surface area contributed by atoms with Crippen molar-refractivity contribution in [3.8, 4) is 0 Å². The fourth-order valence-corrected chi connectivity index (χ4v) is 4.83. The molecule has 0 spiro atoms. The predicted octanol–water partition coefficient (Wildman–Crippen LogP) is 5.51. The van der Waals surface area contributed by atoms with Crippen molar-refractivity contribution < 1.29 is 33.4 Å². The first kappa shape index (κ1) is 35.2. The minimum atomic E-state index is -0.818. The second-order valence-electron chi connectivity index (χ2n) is 12.2. The lowest BCUT2D eigenvalue weighted by Gasteiger charge is -2.34.